The van der Waals surface area contributed by atoms with Gasteiger partial charge in [0.05, 0.1) is 0 Å². The zero-order valence-electron chi connectivity index (χ0n) is 12.5. The van der Waals surface area contributed by atoms with Crippen LogP contribution < -0.4 is 5.32 Å². The van der Waals surface area contributed by atoms with E-state index >= 15 is 0 Å². The molecular weight excluding hydrogens is 218 g/mol. The minimum atomic E-state index is 0.557. The van der Waals surface area contributed by atoms with Crippen molar-refractivity contribution in [2.75, 3.05) is 11.9 Å². The third kappa shape index (κ3) is 3.90. The Bertz CT molecular complexity index is 362. The second-order valence-corrected chi connectivity index (χ2v) is 5.38. The quantitative estimate of drug-likeness (QED) is 0.669. The molecule has 1 aromatic rings. The third-order valence-corrected chi connectivity index (χ3v) is 3.17. The van der Waals surface area contributed by atoms with Crippen LogP contribution >= 0.6 is 0 Å². The molecule has 0 saturated carbocycles. The van der Waals surface area contributed by atoms with Crippen LogP contribution in [-0.4, -0.2) is 6.54 Å². The van der Waals surface area contributed by atoms with Gasteiger partial charge in [-0.05, 0) is 29.4 Å². The van der Waals surface area contributed by atoms with E-state index in [-0.39, 0.29) is 0 Å². The summed E-state index contributed by atoms with van der Waals surface area (Å²) in [5, 5.41) is 3.59. The highest BCUT2D eigenvalue weighted by molar-refractivity contribution is 5.60. The van der Waals surface area contributed by atoms with Crippen LogP contribution in [0.5, 0.6) is 0 Å². The van der Waals surface area contributed by atoms with Crippen molar-refractivity contribution in [3.8, 4) is 0 Å². The Hall–Kier alpha value is -1.24. The number of nitrogens with one attached hydrogen (secondary N) is 1. The first-order valence-corrected chi connectivity index (χ1v) is 7.09. The second kappa shape index (κ2) is 7.25. The van der Waals surface area contributed by atoms with Crippen molar-refractivity contribution < 1.29 is 0 Å². The molecule has 0 aromatic heterocycles. The average Bonchev–Trinajstić information content (AvgIpc) is 2.34. The van der Waals surface area contributed by atoms with Gasteiger partial charge in [-0.2, -0.15) is 0 Å². The van der Waals surface area contributed by atoms with E-state index in [0.29, 0.717) is 11.8 Å². The molecule has 0 radical (unpaired) electrons. The van der Waals surface area contributed by atoms with Gasteiger partial charge in [0.15, 0.2) is 0 Å². The summed E-state index contributed by atoms with van der Waals surface area (Å²) in [6.45, 7) is 12.1. The molecular formula is C17H27N. The number of anilines is 1. The monoisotopic (exact) mass is 245 g/mol. The summed E-state index contributed by atoms with van der Waals surface area (Å²) in [7, 11) is 0. The van der Waals surface area contributed by atoms with E-state index in [2.05, 4.69) is 70.3 Å². The molecule has 1 N–H and O–H groups in total. The lowest BCUT2D eigenvalue weighted by Crippen LogP contribution is -2.07. The molecule has 0 unspecified atom stereocenters. The lowest BCUT2D eigenvalue weighted by molar-refractivity contribution is 0.835. The number of benzene rings is 1. The lowest BCUT2D eigenvalue weighted by Gasteiger charge is -2.20. The first-order chi connectivity index (χ1) is 8.57. The molecule has 0 saturated heterocycles. The third-order valence-electron chi connectivity index (χ3n) is 3.17. The number of rotatable bonds is 6. The van der Waals surface area contributed by atoms with E-state index in [1.165, 1.54) is 16.8 Å². The van der Waals surface area contributed by atoms with Crippen molar-refractivity contribution in [2.24, 2.45) is 0 Å². The van der Waals surface area contributed by atoms with E-state index in [0.717, 1.165) is 13.0 Å². The SMILES string of the molecule is CCC=CCNc1c(C(C)C)cccc1C(C)C. The molecule has 0 aliphatic rings. The molecule has 1 heteroatoms. The topological polar surface area (TPSA) is 12.0 Å². The molecule has 0 aliphatic heterocycles. The Balaban J connectivity index is 2.99. The Morgan fingerprint density at radius 3 is 2.00 bits per heavy atom. The summed E-state index contributed by atoms with van der Waals surface area (Å²) >= 11 is 0. The zero-order valence-corrected chi connectivity index (χ0v) is 12.5. The number of hydrogen-bond acceptors (Lipinski definition) is 1. The Morgan fingerprint density at radius 1 is 1.00 bits per heavy atom. The number of allylic oxidation sites excluding steroid dienone is 1. The van der Waals surface area contributed by atoms with Crippen LogP contribution in [0.15, 0.2) is 30.4 Å². The second-order valence-electron chi connectivity index (χ2n) is 5.38. The normalized spacial score (nSPS) is 11.7. The van der Waals surface area contributed by atoms with E-state index in [1.807, 2.05) is 0 Å². The van der Waals surface area contributed by atoms with Crippen molar-refractivity contribution in [3.63, 3.8) is 0 Å². The van der Waals surface area contributed by atoms with Gasteiger partial charge in [0, 0.05) is 12.2 Å². The van der Waals surface area contributed by atoms with Crippen molar-refractivity contribution in [1.29, 1.82) is 0 Å². The maximum absolute atomic E-state index is 3.59. The zero-order chi connectivity index (χ0) is 13.5. The molecule has 0 heterocycles. The van der Waals surface area contributed by atoms with Crippen LogP contribution in [-0.2, 0) is 0 Å². The molecule has 1 nitrogen and oxygen atoms in total. The fraction of sp³-hybridized carbons (Fsp3) is 0.529. The highest BCUT2D eigenvalue weighted by Gasteiger charge is 2.12. The summed E-state index contributed by atoms with van der Waals surface area (Å²) in [6, 6.07) is 6.66. The van der Waals surface area contributed by atoms with Crippen LogP contribution in [0.3, 0.4) is 0 Å². The molecule has 100 valence electrons. The van der Waals surface area contributed by atoms with Gasteiger partial charge in [-0.15, -0.1) is 0 Å². The van der Waals surface area contributed by atoms with Gasteiger partial charge in [0.2, 0.25) is 0 Å². The summed E-state index contributed by atoms with van der Waals surface area (Å²) in [5.74, 6) is 1.11. The predicted molar refractivity (Wildman–Crippen MR) is 82.5 cm³/mol. The molecule has 0 fully saturated rings. The van der Waals surface area contributed by atoms with Crippen molar-refractivity contribution in [3.05, 3.63) is 41.5 Å². The highest BCUT2D eigenvalue weighted by Crippen LogP contribution is 2.32. The average molecular weight is 245 g/mol. The minimum absolute atomic E-state index is 0.557. The van der Waals surface area contributed by atoms with Gasteiger partial charge in [0.25, 0.3) is 0 Å². The van der Waals surface area contributed by atoms with Crippen LogP contribution in [0.25, 0.3) is 0 Å². The molecule has 18 heavy (non-hydrogen) atoms. The summed E-state index contributed by atoms with van der Waals surface area (Å²) in [4.78, 5) is 0. The summed E-state index contributed by atoms with van der Waals surface area (Å²) in [6.07, 6.45) is 5.52. The Labute approximate surface area is 112 Å². The molecule has 0 atom stereocenters. The smallest absolute Gasteiger partial charge is 0.0413 e. The first kappa shape index (κ1) is 14.8. The summed E-state index contributed by atoms with van der Waals surface area (Å²) < 4.78 is 0. The predicted octanol–water partition coefficient (Wildman–Crippen LogP) is 5.31. The van der Waals surface area contributed by atoms with Gasteiger partial charge in [-0.25, -0.2) is 0 Å². The van der Waals surface area contributed by atoms with E-state index in [9.17, 15) is 0 Å². The number of hydrogen-bond donors (Lipinski definition) is 1. The van der Waals surface area contributed by atoms with Gasteiger partial charge in [-0.3, -0.25) is 0 Å². The van der Waals surface area contributed by atoms with Gasteiger partial charge < -0.3 is 5.32 Å². The largest absolute Gasteiger partial charge is 0.381 e. The fourth-order valence-electron chi connectivity index (χ4n) is 2.17. The van der Waals surface area contributed by atoms with Crippen molar-refractivity contribution >= 4 is 5.69 Å². The maximum Gasteiger partial charge on any atom is 0.0413 e. The van der Waals surface area contributed by atoms with Gasteiger partial charge in [-0.1, -0.05) is 65.0 Å². The van der Waals surface area contributed by atoms with Gasteiger partial charge >= 0.3 is 0 Å². The van der Waals surface area contributed by atoms with Gasteiger partial charge in [0.1, 0.15) is 0 Å². The van der Waals surface area contributed by atoms with Crippen LogP contribution in [0.1, 0.15) is 64.0 Å². The molecule has 0 amide bonds. The van der Waals surface area contributed by atoms with E-state index in [1.54, 1.807) is 0 Å². The lowest BCUT2D eigenvalue weighted by atomic mass is 9.92. The maximum atomic E-state index is 3.59. The van der Waals surface area contributed by atoms with Crippen molar-refractivity contribution in [2.45, 2.75) is 52.9 Å². The van der Waals surface area contributed by atoms with Crippen LogP contribution in [0.4, 0.5) is 5.69 Å². The first-order valence-electron chi connectivity index (χ1n) is 7.09. The molecule has 1 rings (SSSR count). The molecule has 0 spiro atoms. The molecule has 1 aromatic carbocycles. The van der Waals surface area contributed by atoms with Crippen LogP contribution in [0.2, 0.25) is 0 Å². The van der Waals surface area contributed by atoms with Crippen LogP contribution in [0, 0.1) is 0 Å². The van der Waals surface area contributed by atoms with E-state index in [4.69, 9.17) is 0 Å². The molecule has 0 bridgehead atoms. The van der Waals surface area contributed by atoms with Crippen molar-refractivity contribution in [1.82, 2.24) is 0 Å². The Kier molecular flexibility index (Phi) is 5.97. The fourth-order valence-corrected chi connectivity index (χ4v) is 2.17. The number of para-hydroxylation sites is 1. The van der Waals surface area contributed by atoms with E-state index < -0.39 is 0 Å². The summed E-state index contributed by atoms with van der Waals surface area (Å²) in [5.41, 5.74) is 4.18. The highest BCUT2D eigenvalue weighted by atomic mass is 14.9. The Morgan fingerprint density at radius 2 is 1.56 bits per heavy atom. The standard InChI is InChI=1S/C17H27N/c1-6-7-8-12-18-17-15(13(2)3)10-9-11-16(17)14(4)5/h7-11,13-14,18H,6,12H2,1-5H3. The molecule has 0 aliphatic carbocycles. The minimum Gasteiger partial charge on any atom is -0.381 e.